The normalized spacial score (nSPS) is 20.9. The minimum absolute atomic E-state index is 0.388. The lowest BCUT2D eigenvalue weighted by Crippen LogP contribution is -2.42. The van der Waals surface area contributed by atoms with E-state index in [1.807, 2.05) is 0 Å². The van der Waals surface area contributed by atoms with Crippen molar-refractivity contribution in [3.8, 4) is 5.75 Å². The van der Waals surface area contributed by atoms with Gasteiger partial charge in [0.15, 0.2) is 11.6 Å². The Kier molecular flexibility index (Phi) is 6.62. The van der Waals surface area contributed by atoms with E-state index in [1.165, 1.54) is 24.5 Å². The van der Waals surface area contributed by atoms with E-state index in [2.05, 4.69) is 42.2 Å². The molecule has 2 nitrogen and oxygen atoms in total. The van der Waals surface area contributed by atoms with Crippen LogP contribution in [0.15, 0.2) is 48.5 Å². The zero-order valence-electron chi connectivity index (χ0n) is 15.3. The molecule has 1 aliphatic heterocycles. The van der Waals surface area contributed by atoms with Gasteiger partial charge in [-0.25, -0.2) is 8.78 Å². The third kappa shape index (κ3) is 4.82. The molecular weight excluding hydrogens is 332 g/mol. The maximum atomic E-state index is 13.2. The first kappa shape index (κ1) is 18.8. The number of benzene rings is 2. The first-order valence-electron chi connectivity index (χ1n) is 9.52. The molecule has 3 rings (SSSR count). The van der Waals surface area contributed by atoms with Gasteiger partial charge in [-0.2, -0.15) is 0 Å². The number of hydrogen-bond donors (Lipinski definition) is 0. The minimum Gasteiger partial charge on any atom is -0.493 e. The van der Waals surface area contributed by atoms with Crippen molar-refractivity contribution in [2.45, 2.75) is 44.6 Å². The molecule has 1 saturated heterocycles. The van der Waals surface area contributed by atoms with E-state index in [0.717, 1.165) is 38.1 Å². The Morgan fingerprint density at radius 2 is 1.85 bits per heavy atom. The second-order valence-corrected chi connectivity index (χ2v) is 7.07. The lowest BCUT2D eigenvalue weighted by molar-refractivity contribution is 0.134. The van der Waals surface area contributed by atoms with Gasteiger partial charge in [0.2, 0.25) is 0 Å². The van der Waals surface area contributed by atoms with Gasteiger partial charge in [-0.1, -0.05) is 30.3 Å². The summed E-state index contributed by atoms with van der Waals surface area (Å²) in [6, 6.07) is 15.0. The summed E-state index contributed by atoms with van der Waals surface area (Å²) in [4.78, 5) is 2.57. The molecule has 2 unspecified atom stereocenters. The standard InChI is InChI=1S/C22H27F2NO/c1-17-20(18-8-3-2-4-9-18)10-7-14-25(17)13-5-6-15-26-19-11-12-21(23)22(24)16-19/h2-4,8-9,11-12,16-17,20H,5-7,10,13-15H2,1H3. The monoisotopic (exact) mass is 359 g/mol. The summed E-state index contributed by atoms with van der Waals surface area (Å²) in [6.07, 6.45) is 4.42. The van der Waals surface area contributed by atoms with Crippen LogP contribution in [0.25, 0.3) is 0 Å². The molecule has 26 heavy (non-hydrogen) atoms. The zero-order valence-corrected chi connectivity index (χ0v) is 15.3. The van der Waals surface area contributed by atoms with Gasteiger partial charge >= 0.3 is 0 Å². The number of rotatable bonds is 7. The molecule has 0 saturated carbocycles. The fraction of sp³-hybridized carbons (Fsp3) is 0.455. The molecule has 1 heterocycles. The van der Waals surface area contributed by atoms with Crippen LogP contribution in [0.5, 0.6) is 5.75 Å². The Morgan fingerprint density at radius 3 is 2.62 bits per heavy atom. The number of ether oxygens (including phenoxy) is 1. The average molecular weight is 359 g/mol. The second-order valence-electron chi connectivity index (χ2n) is 7.07. The van der Waals surface area contributed by atoms with Crippen molar-refractivity contribution >= 4 is 0 Å². The molecular formula is C22H27F2NO. The van der Waals surface area contributed by atoms with E-state index in [4.69, 9.17) is 4.74 Å². The molecule has 1 fully saturated rings. The van der Waals surface area contributed by atoms with Crippen molar-refractivity contribution in [2.24, 2.45) is 0 Å². The van der Waals surface area contributed by atoms with E-state index in [9.17, 15) is 8.78 Å². The van der Waals surface area contributed by atoms with Crippen LogP contribution in [0.3, 0.4) is 0 Å². The van der Waals surface area contributed by atoms with E-state index >= 15 is 0 Å². The minimum atomic E-state index is -0.864. The Balaban J connectivity index is 1.42. The highest BCUT2D eigenvalue weighted by Gasteiger charge is 2.28. The van der Waals surface area contributed by atoms with E-state index in [0.29, 0.717) is 24.3 Å². The fourth-order valence-corrected chi connectivity index (χ4v) is 3.85. The van der Waals surface area contributed by atoms with Crippen LogP contribution in [0, 0.1) is 11.6 Å². The third-order valence-corrected chi connectivity index (χ3v) is 5.35. The highest BCUT2D eigenvalue weighted by atomic mass is 19.2. The average Bonchev–Trinajstić information content (AvgIpc) is 2.66. The SMILES string of the molecule is CC1C(c2ccccc2)CCCN1CCCCOc1ccc(F)c(F)c1. The van der Waals surface area contributed by atoms with Crippen molar-refractivity contribution in [1.29, 1.82) is 0 Å². The predicted molar refractivity (Wildman–Crippen MR) is 101 cm³/mol. The van der Waals surface area contributed by atoms with Crippen LogP contribution in [-0.4, -0.2) is 30.6 Å². The number of nitrogens with zero attached hydrogens (tertiary/aromatic N) is 1. The summed E-state index contributed by atoms with van der Waals surface area (Å²) in [5, 5.41) is 0. The summed E-state index contributed by atoms with van der Waals surface area (Å²) in [6.45, 7) is 5.05. The number of likely N-dealkylation sites (tertiary alicyclic amines) is 1. The zero-order chi connectivity index (χ0) is 18.4. The molecule has 0 radical (unpaired) electrons. The van der Waals surface area contributed by atoms with Gasteiger partial charge in [-0.3, -0.25) is 0 Å². The Labute approximate surface area is 154 Å². The highest BCUT2D eigenvalue weighted by Crippen LogP contribution is 2.32. The topological polar surface area (TPSA) is 12.5 Å². The van der Waals surface area contributed by atoms with Crippen molar-refractivity contribution in [2.75, 3.05) is 19.7 Å². The van der Waals surface area contributed by atoms with Crippen LogP contribution in [0.4, 0.5) is 8.78 Å². The summed E-state index contributed by atoms with van der Waals surface area (Å²) < 4.78 is 31.6. The van der Waals surface area contributed by atoms with Crippen LogP contribution in [-0.2, 0) is 0 Å². The Hall–Kier alpha value is -1.94. The number of halogens is 2. The molecule has 1 aliphatic rings. The van der Waals surface area contributed by atoms with Gasteiger partial charge in [0.1, 0.15) is 5.75 Å². The van der Waals surface area contributed by atoms with Crippen molar-refractivity contribution in [3.05, 3.63) is 65.7 Å². The largest absolute Gasteiger partial charge is 0.493 e. The highest BCUT2D eigenvalue weighted by molar-refractivity contribution is 5.23. The first-order chi connectivity index (χ1) is 12.6. The number of piperidine rings is 1. The van der Waals surface area contributed by atoms with Gasteiger partial charge in [0, 0.05) is 12.1 Å². The van der Waals surface area contributed by atoms with E-state index in [1.54, 1.807) is 0 Å². The molecule has 2 aromatic carbocycles. The quantitative estimate of drug-likeness (QED) is 0.615. The van der Waals surface area contributed by atoms with Gasteiger partial charge in [-0.15, -0.1) is 0 Å². The van der Waals surface area contributed by atoms with Gasteiger partial charge in [0.25, 0.3) is 0 Å². The van der Waals surface area contributed by atoms with E-state index in [-0.39, 0.29) is 0 Å². The van der Waals surface area contributed by atoms with Crippen molar-refractivity contribution in [3.63, 3.8) is 0 Å². The molecule has 0 spiro atoms. The molecule has 2 atom stereocenters. The lowest BCUT2D eigenvalue weighted by atomic mass is 9.84. The number of unbranched alkanes of at least 4 members (excludes halogenated alkanes) is 1. The van der Waals surface area contributed by atoms with Crippen molar-refractivity contribution in [1.82, 2.24) is 4.90 Å². The molecule has 0 bridgehead atoms. The molecule has 4 heteroatoms. The van der Waals surface area contributed by atoms with Gasteiger partial charge in [0.05, 0.1) is 6.61 Å². The molecule has 0 amide bonds. The van der Waals surface area contributed by atoms with Gasteiger partial charge in [-0.05, 0) is 69.3 Å². The Bertz CT molecular complexity index is 692. The summed E-state index contributed by atoms with van der Waals surface area (Å²) in [5.74, 6) is -0.719. The predicted octanol–water partition coefficient (Wildman–Crippen LogP) is 5.39. The first-order valence-corrected chi connectivity index (χ1v) is 9.52. The van der Waals surface area contributed by atoms with Crippen LogP contribution in [0.1, 0.15) is 44.1 Å². The maximum Gasteiger partial charge on any atom is 0.162 e. The summed E-state index contributed by atoms with van der Waals surface area (Å²) in [5.41, 5.74) is 1.44. The molecule has 140 valence electrons. The van der Waals surface area contributed by atoms with Crippen LogP contribution in [0.2, 0.25) is 0 Å². The smallest absolute Gasteiger partial charge is 0.162 e. The molecule has 0 N–H and O–H groups in total. The summed E-state index contributed by atoms with van der Waals surface area (Å²) in [7, 11) is 0. The fourth-order valence-electron chi connectivity index (χ4n) is 3.85. The van der Waals surface area contributed by atoms with Crippen molar-refractivity contribution < 1.29 is 13.5 Å². The maximum absolute atomic E-state index is 13.2. The molecule has 0 aliphatic carbocycles. The third-order valence-electron chi connectivity index (χ3n) is 5.35. The summed E-state index contributed by atoms with van der Waals surface area (Å²) >= 11 is 0. The second kappa shape index (κ2) is 9.13. The number of hydrogen-bond acceptors (Lipinski definition) is 2. The van der Waals surface area contributed by atoms with Crippen LogP contribution < -0.4 is 4.74 Å². The Morgan fingerprint density at radius 1 is 1.04 bits per heavy atom. The van der Waals surface area contributed by atoms with Crippen LogP contribution >= 0.6 is 0 Å². The molecule has 2 aromatic rings. The van der Waals surface area contributed by atoms with E-state index < -0.39 is 11.6 Å². The lowest BCUT2D eigenvalue weighted by Gasteiger charge is -2.39. The molecule has 0 aromatic heterocycles. The van der Waals surface area contributed by atoms with Gasteiger partial charge < -0.3 is 9.64 Å².